The zero-order valence-corrected chi connectivity index (χ0v) is 8.52. The van der Waals surface area contributed by atoms with E-state index in [1.807, 2.05) is 11.3 Å². The minimum Gasteiger partial charge on any atom is -0.348 e. The molecule has 2 nitrogen and oxygen atoms in total. The Morgan fingerprint density at radius 1 is 1.31 bits per heavy atom. The third kappa shape index (κ3) is 1.46. The minimum absolute atomic E-state index is 0.813. The molecule has 0 atom stereocenters. The highest BCUT2D eigenvalue weighted by Gasteiger charge is 2.27. The summed E-state index contributed by atoms with van der Waals surface area (Å²) < 4.78 is 0. The van der Waals surface area contributed by atoms with Crippen molar-refractivity contribution in [3.8, 4) is 0 Å². The Morgan fingerprint density at radius 2 is 2.08 bits per heavy atom. The van der Waals surface area contributed by atoms with Gasteiger partial charge in [-0.15, -0.1) is 11.3 Å². The Morgan fingerprint density at radius 3 is 2.77 bits per heavy atom. The number of aromatic nitrogens is 1. The van der Waals surface area contributed by atoms with Gasteiger partial charge >= 0.3 is 0 Å². The minimum atomic E-state index is 0.813. The molecule has 3 rings (SSSR count). The van der Waals surface area contributed by atoms with Crippen LogP contribution in [0, 0.1) is 0 Å². The number of nitrogens with zero attached hydrogens (tertiary/aromatic N) is 2. The summed E-state index contributed by atoms with van der Waals surface area (Å²) >= 11 is 1.83. The largest absolute Gasteiger partial charge is 0.348 e. The van der Waals surface area contributed by atoms with Crippen molar-refractivity contribution in [1.29, 1.82) is 0 Å². The normalized spacial score (nSPS) is 22.6. The van der Waals surface area contributed by atoms with E-state index < -0.39 is 0 Å². The maximum Gasteiger partial charge on any atom is 0.185 e. The summed E-state index contributed by atoms with van der Waals surface area (Å²) in [6, 6.07) is 0. The van der Waals surface area contributed by atoms with E-state index in [9.17, 15) is 0 Å². The lowest BCUT2D eigenvalue weighted by Crippen LogP contribution is -2.17. The van der Waals surface area contributed by atoms with Gasteiger partial charge in [0.2, 0.25) is 0 Å². The third-order valence-electron chi connectivity index (χ3n) is 2.88. The van der Waals surface area contributed by atoms with Gasteiger partial charge in [0.05, 0.1) is 5.69 Å². The molecular formula is C10H14N2S. The van der Waals surface area contributed by atoms with Crippen molar-refractivity contribution in [3.63, 3.8) is 0 Å². The molecule has 0 amide bonds. The number of rotatable bonds is 2. The van der Waals surface area contributed by atoms with E-state index in [4.69, 9.17) is 4.98 Å². The molecule has 70 valence electrons. The Labute approximate surface area is 82.6 Å². The summed E-state index contributed by atoms with van der Waals surface area (Å²) in [4.78, 5) is 7.13. The highest BCUT2D eigenvalue weighted by molar-refractivity contribution is 7.13. The van der Waals surface area contributed by atoms with Crippen molar-refractivity contribution in [2.45, 2.75) is 31.6 Å². The van der Waals surface area contributed by atoms with Crippen LogP contribution in [0.5, 0.6) is 0 Å². The number of thiazole rings is 1. The molecule has 1 aliphatic carbocycles. The van der Waals surface area contributed by atoms with Crippen molar-refractivity contribution < 1.29 is 0 Å². The number of hydrogen-bond acceptors (Lipinski definition) is 3. The molecule has 2 heterocycles. The quantitative estimate of drug-likeness (QED) is 0.719. The van der Waals surface area contributed by atoms with Gasteiger partial charge in [-0.1, -0.05) is 0 Å². The van der Waals surface area contributed by atoms with E-state index in [0.29, 0.717) is 0 Å². The predicted molar refractivity (Wildman–Crippen MR) is 55.5 cm³/mol. The molecule has 0 radical (unpaired) electrons. The average molecular weight is 194 g/mol. The highest BCUT2D eigenvalue weighted by atomic mass is 32.1. The monoisotopic (exact) mass is 194 g/mol. The molecule has 13 heavy (non-hydrogen) atoms. The summed E-state index contributed by atoms with van der Waals surface area (Å²) in [5.41, 5.74) is 1.35. The van der Waals surface area contributed by atoms with Crippen LogP contribution in [0.2, 0.25) is 0 Å². The maximum absolute atomic E-state index is 4.70. The zero-order chi connectivity index (χ0) is 8.67. The van der Waals surface area contributed by atoms with E-state index >= 15 is 0 Å². The van der Waals surface area contributed by atoms with Crippen LogP contribution in [-0.4, -0.2) is 18.1 Å². The first-order chi connectivity index (χ1) is 6.43. The van der Waals surface area contributed by atoms with Gasteiger partial charge in [0, 0.05) is 24.4 Å². The first-order valence-electron chi connectivity index (χ1n) is 5.14. The van der Waals surface area contributed by atoms with Crippen molar-refractivity contribution in [2.24, 2.45) is 0 Å². The lowest BCUT2D eigenvalue weighted by atomic mass is 10.3. The van der Waals surface area contributed by atoms with E-state index in [-0.39, 0.29) is 0 Å². The van der Waals surface area contributed by atoms with Gasteiger partial charge in [0.1, 0.15) is 0 Å². The second-order valence-electron chi connectivity index (χ2n) is 4.02. The summed E-state index contributed by atoms with van der Waals surface area (Å²) in [7, 11) is 0. The van der Waals surface area contributed by atoms with Gasteiger partial charge in [0.25, 0.3) is 0 Å². The fourth-order valence-electron chi connectivity index (χ4n) is 1.90. The van der Waals surface area contributed by atoms with E-state index in [1.54, 1.807) is 0 Å². The van der Waals surface area contributed by atoms with Gasteiger partial charge in [-0.2, -0.15) is 0 Å². The third-order valence-corrected chi connectivity index (χ3v) is 3.80. The lowest BCUT2D eigenvalue weighted by Gasteiger charge is -2.12. The molecule has 0 unspecified atom stereocenters. The summed E-state index contributed by atoms with van der Waals surface area (Å²) in [6.45, 7) is 2.44. The molecule has 0 bridgehead atoms. The molecule has 0 N–H and O–H groups in total. The molecule has 0 spiro atoms. The molecule has 1 saturated heterocycles. The molecule has 2 aliphatic rings. The van der Waals surface area contributed by atoms with Gasteiger partial charge in [0.15, 0.2) is 5.13 Å². The highest BCUT2D eigenvalue weighted by Crippen LogP contribution is 2.41. The fraction of sp³-hybridized carbons (Fsp3) is 0.700. The molecule has 1 aromatic rings. The Balaban J connectivity index is 1.79. The SMILES string of the molecule is c1sc(N2CCCC2)nc1C1CC1. The van der Waals surface area contributed by atoms with Crippen molar-refractivity contribution in [3.05, 3.63) is 11.1 Å². The maximum atomic E-state index is 4.70. The second-order valence-corrected chi connectivity index (χ2v) is 4.86. The Hall–Kier alpha value is -0.570. The van der Waals surface area contributed by atoms with Crippen LogP contribution in [0.3, 0.4) is 0 Å². The van der Waals surface area contributed by atoms with Crippen LogP contribution >= 0.6 is 11.3 Å². The fourth-order valence-corrected chi connectivity index (χ4v) is 2.86. The van der Waals surface area contributed by atoms with Crippen LogP contribution in [0.1, 0.15) is 37.3 Å². The molecule has 3 heteroatoms. The van der Waals surface area contributed by atoms with E-state index in [0.717, 1.165) is 5.92 Å². The summed E-state index contributed by atoms with van der Waals surface area (Å²) in [5, 5.41) is 3.52. The van der Waals surface area contributed by atoms with Crippen molar-refractivity contribution in [1.82, 2.24) is 4.98 Å². The molecule has 1 aromatic heterocycles. The summed E-state index contributed by atoms with van der Waals surface area (Å²) in [6.07, 6.45) is 5.42. The first kappa shape index (κ1) is 7.80. The van der Waals surface area contributed by atoms with Gasteiger partial charge < -0.3 is 4.90 Å². The first-order valence-corrected chi connectivity index (χ1v) is 6.02. The number of hydrogen-bond donors (Lipinski definition) is 0. The van der Waals surface area contributed by atoms with Gasteiger partial charge in [-0.25, -0.2) is 4.98 Å². The van der Waals surface area contributed by atoms with Crippen molar-refractivity contribution >= 4 is 16.5 Å². The van der Waals surface area contributed by atoms with Gasteiger partial charge in [-0.3, -0.25) is 0 Å². The van der Waals surface area contributed by atoms with E-state index in [1.165, 1.54) is 49.6 Å². The van der Waals surface area contributed by atoms with Crippen molar-refractivity contribution in [2.75, 3.05) is 18.0 Å². The molecule has 0 aromatic carbocycles. The van der Waals surface area contributed by atoms with Gasteiger partial charge in [-0.05, 0) is 25.7 Å². The summed E-state index contributed by atoms with van der Waals surface area (Å²) in [5.74, 6) is 0.813. The average Bonchev–Trinajstić information content (AvgIpc) is 2.72. The molecule has 1 aliphatic heterocycles. The number of anilines is 1. The van der Waals surface area contributed by atoms with Crippen LogP contribution < -0.4 is 4.90 Å². The van der Waals surface area contributed by atoms with Crippen LogP contribution in [0.15, 0.2) is 5.38 Å². The molecule has 2 fully saturated rings. The Kier molecular flexibility index (Phi) is 1.79. The predicted octanol–water partition coefficient (Wildman–Crippen LogP) is 2.62. The Bertz CT molecular complexity index is 298. The molecular weight excluding hydrogens is 180 g/mol. The van der Waals surface area contributed by atoms with Crippen LogP contribution in [0.4, 0.5) is 5.13 Å². The molecule has 1 saturated carbocycles. The topological polar surface area (TPSA) is 16.1 Å². The second kappa shape index (κ2) is 2.98. The van der Waals surface area contributed by atoms with E-state index in [2.05, 4.69) is 10.3 Å². The lowest BCUT2D eigenvalue weighted by molar-refractivity contribution is 0.938. The van der Waals surface area contributed by atoms with Crippen LogP contribution in [0.25, 0.3) is 0 Å². The zero-order valence-electron chi connectivity index (χ0n) is 7.70. The van der Waals surface area contributed by atoms with Crippen LogP contribution in [-0.2, 0) is 0 Å². The standard InChI is InChI=1S/C10H14N2S/c1-2-6-12(5-1)10-11-9(7-13-10)8-3-4-8/h7-8H,1-6H2. The smallest absolute Gasteiger partial charge is 0.185 e.